The molecule has 2 amide bonds. The van der Waals surface area contributed by atoms with Gasteiger partial charge in [0.25, 0.3) is 5.91 Å². The lowest BCUT2D eigenvalue weighted by Crippen LogP contribution is -2.41. The molecule has 0 spiro atoms. The maximum Gasteiger partial charge on any atom is 0.256 e. The molecule has 4 nitrogen and oxygen atoms in total. The summed E-state index contributed by atoms with van der Waals surface area (Å²) in [6, 6.07) is 8.67. The van der Waals surface area contributed by atoms with E-state index in [1.54, 1.807) is 0 Å². The standard InChI is InChI=1S/C20H19F2IN2O2/c1-12-2-4-15(11-18(12)23)24-19(26)13-6-8-25(9-7-13)20(27)16-5-3-14(21)10-17(16)22/h2-5,10-11,13H,6-9H2,1H3,(H,24,26). The highest BCUT2D eigenvalue weighted by atomic mass is 127. The summed E-state index contributed by atoms with van der Waals surface area (Å²) in [6.45, 7) is 2.72. The fourth-order valence-electron chi connectivity index (χ4n) is 3.09. The van der Waals surface area contributed by atoms with Gasteiger partial charge in [0.2, 0.25) is 5.91 Å². The van der Waals surface area contributed by atoms with E-state index in [9.17, 15) is 18.4 Å². The van der Waals surface area contributed by atoms with Crippen LogP contribution in [0.4, 0.5) is 14.5 Å². The molecule has 1 fully saturated rings. The van der Waals surface area contributed by atoms with Gasteiger partial charge in [-0.2, -0.15) is 0 Å². The first kappa shape index (κ1) is 19.7. The molecule has 1 saturated heterocycles. The zero-order valence-corrected chi connectivity index (χ0v) is 16.9. The number of hydrogen-bond donors (Lipinski definition) is 1. The molecule has 0 aliphatic carbocycles. The van der Waals surface area contributed by atoms with Crippen molar-refractivity contribution in [2.45, 2.75) is 19.8 Å². The van der Waals surface area contributed by atoms with E-state index >= 15 is 0 Å². The lowest BCUT2D eigenvalue weighted by atomic mass is 9.95. The number of aryl methyl sites for hydroxylation is 1. The Morgan fingerprint density at radius 2 is 1.81 bits per heavy atom. The van der Waals surface area contributed by atoms with E-state index in [4.69, 9.17) is 0 Å². The fourth-order valence-corrected chi connectivity index (χ4v) is 3.61. The molecule has 27 heavy (non-hydrogen) atoms. The lowest BCUT2D eigenvalue weighted by molar-refractivity contribution is -0.121. The minimum absolute atomic E-state index is 0.0743. The van der Waals surface area contributed by atoms with E-state index in [-0.39, 0.29) is 17.4 Å². The Kier molecular flexibility index (Phi) is 6.08. The first-order chi connectivity index (χ1) is 12.8. The Morgan fingerprint density at radius 1 is 1.11 bits per heavy atom. The van der Waals surface area contributed by atoms with Gasteiger partial charge in [0.1, 0.15) is 11.6 Å². The van der Waals surface area contributed by atoms with Gasteiger partial charge in [-0.05, 0) is 72.2 Å². The van der Waals surface area contributed by atoms with Crippen molar-refractivity contribution in [2.75, 3.05) is 18.4 Å². The van der Waals surface area contributed by atoms with Crippen LogP contribution in [0, 0.1) is 28.0 Å². The van der Waals surface area contributed by atoms with Gasteiger partial charge in [0, 0.05) is 34.3 Å². The highest BCUT2D eigenvalue weighted by Crippen LogP contribution is 2.23. The molecule has 1 N–H and O–H groups in total. The minimum atomic E-state index is -0.867. The normalized spacial score (nSPS) is 14.9. The number of nitrogens with zero attached hydrogens (tertiary/aromatic N) is 1. The van der Waals surface area contributed by atoms with Gasteiger partial charge in [-0.1, -0.05) is 6.07 Å². The second-order valence-corrected chi connectivity index (χ2v) is 7.81. The Bertz CT molecular complexity index is 880. The molecule has 0 radical (unpaired) electrons. The second-order valence-electron chi connectivity index (χ2n) is 6.64. The number of carbonyl (C=O) groups excluding carboxylic acids is 2. The Hall–Kier alpha value is -2.03. The highest BCUT2D eigenvalue weighted by Gasteiger charge is 2.29. The molecule has 0 atom stereocenters. The summed E-state index contributed by atoms with van der Waals surface area (Å²) >= 11 is 2.22. The maximum absolute atomic E-state index is 13.8. The van der Waals surface area contributed by atoms with Crippen molar-refractivity contribution in [3.05, 3.63) is 62.7 Å². The van der Waals surface area contributed by atoms with E-state index in [2.05, 4.69) is 27.9 Å². The maximum atomic E-state index is 13.8. The Labute approximate surface area is 170 Å². The third-order valence-corrected chi connectivity index (χ3v) is 5.92. The van der Waals surface area contributed by atoms with Gasteiger partial charge in [-0.3, -0.25) is 9.59 Å². The SMILES string of the molecule is Cc1ccc(NC(=O)C2CCN(C(=O)c3ccc(F)cc3F)CC2)cc1I. The minimum Gasteiger partial charge on any atom is -0.339 e. The molecule has 7 heteroatoms. The smallest absolute Gasteiger partial charge is 0.256 e. The van der Waals surface area contributed by atoms with Crippen LogP contribution in [0.3, 0.4) is 0 Å². The van der Waals surface area contributed by atoms with Gasteiger partial charge < -0.3 is 10.2 Å². The van der Waals surface area contributed by atoms with Gasteiger partial charge in [0.15, 0.2) is 0 Å². The van der Waals surface area contributed by atoms with Crippen LogP contribution in [-0.4, -0.2) is 29.8 Å². The van der Waals surface area contributed by atoms with Gasteiger partial charge in [-0.25, -0.2) is 8.78 Å². The number of likely N-dealkylation sites (tertiary alicyclic amines) is 1. The summed E-state index contributed by atoms with van der Waals surface area (Å²) in [5.41, 5.74) is 1.75. The van der Waals surface area contributed by atoms with Crippen molar-refractivity contribution < 1.29 is 18.4 Å². The van der Waals surface area contributed by atoms with Crippen LogP contribution in [0.5, 0.6) is 0 Å². The molecule has 0 saturated carbocycles. The Morgan fingerprint density at radius 3 is 2.44 bits per heavy atom. The number of nitrogens with one attached hydrogen (secondary N) is 1. The van der Waals surface area contributed by atoms with Crippen molar-refractivity contribution in [3.8, 4) is 0 Å². The average Bonchev–Trinajstić information content (AvgIpc) is 2.64. The van der Waals surface area contributed by atoms with Crippen LogP contribution in [0.1, 0.15) is 28.8 Å². The van der Waals surface area contributed by atoms with Crippen LogP contribution < -0.4 is 5.32 Å². The number of benzene rings is 2. The van der Waals surface area contributed by atoms with E-state index in [0.29, 0.717) is 32.0 Å². The quantitative estimate of drug-likeness (QED) is 0.659. The van der Waals surface area contributed by atoms with Gasteiger partial charge in [-0.15, -0.1) is 0 Å². The predicted octanol–water partition coefficient (Wildman–Crippen LogP) is 4.37. The zero-order valence-electron chi connectivity index (χ0n) is 14.8. The van der Waals surface area contributed by atoms with Crippen molar-refractivity contribution in [3.63, 3.8) is 0 Å². The molecule has 1 aliphatic rings. The number of hydrogen-bond acceptors (Lipinski definition) is 2. The van der Waals surface area contributed by atoms with Crippen molar-refractivity contribution in [1.29, 1.82) is 0 Å². The number of anilines is 1. The van der Waals surface area contributed by atoms with Crippen LogP contribution >= 0.6 is 22.6 Å². The highest BCUT2D eigenvalue weighted by molar-refractivity contribution is 14.1. The molecular weight excluding hydrogens is 465 g/mol. The monoisotopic (exact) mass is 484 g/mol. The summed E-state index contributed by atoms with van der Waals surface area (Å²) in [7, 11) is 0. The topological polar surface area (TPSA) is 49.4 Å². The molecule has 142 valence electrons. The van der Waals surface area contributed by atoms with Gasteiger partial charge >= 0.3 is 0 Å². The predicted molar refractivity (Wildman–Crippen MR) is 108 cm³/mol. The Balaban J connectivity index is 1.58. The number of rotatable bonds is 3. The third-order valence-electron chi connectivity index (χ3n) is 4.75. The molecule has 1 heterocycles. The van der Waals surface area contributed by atoms with Crippen LogP contribution in [0.15, 0.2) is 36.4 Å². The molecule has 2 aromatic rings. The number of halogens is 3. The summed E-state index contributed by atoms with van der Waals surface area (Å²) in [6.07, 6.45) is 1.01. The number of carbonyl (C=O) groups is 2. The fraction of sp³-hybridized carbons (Fsp3) is 0.300. The zero-order chi connectivity index (χ0) is 19.6. The first-order valence-corrected chi connectivity index (χ1v) is 9.74. The summed E-state index contributed by atoms with van der Waals surface area (Å²) < 4.78 is 27.9. The van der Waals surface area contributed by atoms with Crippen LogP contribution in [0.2, 0.25) is 0 Å². The van der Waals surface area contributed by atoms with Crippen molar-refractivity contribution in [1.82, 2.24) is 4.90 Å². The van der Waals surface area contributed by atoms with E-state index in [1.165, 1.54) is 4.90 Å². The molecule has 2 aromatic carbocycles. The largest absolute Gasteiger partial charge is 0.339 e. The average molecular weight is 484 g/mol. The molecule has 0 aromatic heterocycles. The van der Waals surface area contributed by atoms with Crippen molar-refractivity contribution >= 4 is 40.1 Å². The van der Waals surface area contributed by atoms with Crippen molar-refractivity contribution in [2.24, 2.45) is 5.92 Å². The number of piperidine rings is 1. The summed E-state index contributed by atoms with van der Waals surface area (Å²) in [5, 5.41) is 2.92. The third kappa shape index (κ3) is 4.63. The van der Waals surface area contributed by atoms with E-state index in [0.717, 1.165) is 27.0 Å². The molecule has 0 bridgehead atoms. The van der Waals surface area contributed by atoms with E-state index < -0.39 is 17.5 Å². The molecule has 1 aliphatic heterocycles. The van der Waals surface area contributed by atoms with Crippen LogP contribution in [0.25, 0.3) is 0 Å². The summed E-state index contributed by atoms with van der Waals surface area (Å²) in [5.74, 6) is -2.33. The molecule has 0 unspecified atom stereocenters. The van der Waals surface area contributed by atoms with E-state index in [1.807, 2.05) is 25.1 Å². The van der Waals surface area contributed by atoms with Crippen LogP contribution in [-0.2, 0) is 4.79 Å². The summed E-state index contributed by atoms with van der Waals surface area (Å²) in [4.78, 5) is 26.4. The first-order valence-electron chi connectivity index (χ1n) is 8.66. The second kappa shape index (κ2) is 8.33. The number of amides is 2. The van der Waals surface area contributed by atoms with Gasteiger partial charge in [0.05, 0.1) is 5.56 Å². The molecule has 3 rings (SSSR count). The lowest BCUT2D eigenvalue weighted by Gasteiger charge is -2.31. The molecular formula is C20H19F2IN2O2.